The summed E-state index contributed by atoms with van der Waals surface area (Å²) in [7, 11) is 1.65. The van der Waals surface area contributed by atoms with Crippen molar-refractivity contribution in [3.05, 3.63) is 51.8 Å². The molecule has 0 amide bonds. The predicted molar refractivity (Wildman–Crippen MR) is 67.4 cm³/mol. The van der Waals surface area contributed by atoms with E-state index in [9.17, 15) is 13.6 Å². The number of carbonyl (C=O) groups is 1. The summed E-state index contributed by atoms with van der Waals surface area (Å²) in [5.41, 5.74) is 0.299. The molecule has 0 saturated carbocycles. The van der Waals surface area contributed by atoms with Gasteiger partial charge in [0.15, 0.2) is 11.6 Å². The normalized spacial score (nSPS) is 10.8. The zero-order valence-electron chi connectivity index (χ0n) is 10.4. The third-order valence-electron chi connectivity index (χ3n) is 2.76. The van der Waals surface area contributed by atoms with Gasteiger partial charge in [0.1, 0.15) is 0 Å². The first-order chi connectivity index (χ1) is 8.95. The summed E-state index contributed by atoms with van der Waals surface area (Å²) in [6.07, 6.45) is 1.98. The molecule has 0 atom stereocenters. The molecule has 0 aliphatic rings. The molecule has 19 heavy (non-hydrogen) atoms. The summed E-state index contributed by atoms with van der Waals surface area (Å²) in [5.74, 6) is -3.00. The van der Waals surface area contributed by atoms with Crippen LogP contribution in [0, 0.1) is 11.6 Å². The first-order valence-electron chi connectivity index (χ1n) is 5.66. The third kappa shape index (κ3) is 2.38. The van der Waals surface area contributed by atoms with Gasteiger partial charge in [0.05, 0.1) is 21.8 Å². The molecule has 1 heterocycles. The van der Waals surface area contributed by atoms with Gasteiger partial charge >= 0.3 is 0 Å². The topological polar surface area (TPSA) is 34.9 Å². The molecule has 0 N–H and O–H groups in total. The summed E-state index contributed by atoms with van der Waals surface area (Å²) < 4.78 is 28.4. The summed E-state index contributed by atoms with van der Waals surface area (Å²) in [6, 6.07) is 2.05. The Kier molecular flexibility index (Phi) is 3.66. The maximum atomic E-state index is 13.7. The predicted octanol–water partition coefficient (Wildman–Crippen LogP) is 3.15. The molecule has 3 nitrogen and oxygen atoms in total. The lowest BCUT2D eigenvalue weighted by Gasteiger charge is -2.05. The number of nitrogens with zero attached hydrogens (tertiary/aromatic N) is 2. The van der Waals surface area contributed by atoms with Crippen molar-refractivity contribution < 1.29 is 13.6 Å². The molecule has 0 saturated heterocycles. The Bertz CT molecular complexity index is 652. The molecule has 1 aromatic carbocycles. The van der Waals surface area contributed by atoms with Gasteiger partial charge in [-0.05, 0) is 18.6 Å². The molecule has 1 aromatic heterocycles. The largest absolute Gasteiger partial charge is 0.288 e. The van der Waals surface area contributed by atoms with E-state index in [1.54, 1.807) is 7.05 Å². The van der Waals surface area contributed by atoms with Gasteiger partial charge in [0.2, 0.25) is 5.78 Å². The van der Waals surface area contributed by atoms with Crippen LogP contribution in [0.25, 0.3) is 0 Å². The van der Waals surface area contributed by atoms with Crippen LogP contribution in [0.1, 0.15) is 28.5 Å². The van der Waals surface area contributed by atoms with Gasteiger partial charge in [-0.15, -0.1) is 0 Å². The highest BCUT2D eigenvalue weighted by molar-refractivity contribution is 6.35. The fourth-order valence-electron chi connectivity index (χ4n) is 1.86. The molecule has 100 valence electrons. The van der Waals surface area contributed by atoms with Gasteiger partial charge in [-0.25, -0.2) is 8.78 Å². The number of hydrogen-bond donors (Lipinski definition) is 0. The summed E-state index contributed by atoms with van der Waals surface area (Å²) in [4.78, 5) is 12.3. The molecule has 2 rings (SSSR count). The molecule has 6 heteroatoms. The number of aryl methyl sites for hydroxylation is 2. The van der Waals surface area contributed by atoms with Gasteiger partial charge in [0, 0.05) is 13.2 Å². The number of carbonyl (C=O) groups excluding carboxylic acids is 1. The van der Waals surface area contributed by atoms with Crippen LogP contribution < -0.4 is 0 Å². The monoisotopic (exact) mass is 284 g/mol. The standard InChI is InChI=1S/C13H11ClF2N2O/c1-3-10-7(6-18(2)17-10)13(19)11-8(14)4-5-9(15)12(11)16/h4-6H,3H2,1-2H3. The quantitative estimate of drug-likeness (QED) is 0.641. The summed E-state index contributed by atoms with van der Waals surface area (Å²) in [5, 5.41) is 3.98. The summed E-state index contributed by atoms with van der Waals surface area (Å²) in [6.45, 7) is 1.82. The molecule has 0 bridgehead atoms. The molecule has 0 unspecified atom stereocenters. The number of benzene rings is 1. The molecular formula is C13H11ClF2N2O. The fourth-order valence-corrected chi connectivity index (χ4v) is 2.09. The van der Waals surface area contributed by atoms with Crippen molar-refractivity contribution in [3.8, 4) is 0 Å². The van der Waals surface area contributed by atoms with Crippen molar-refractivity contribution in [2.24, 2.45) is 7.05 Å². The van der Waals surface area contributed by atoms with E-state index in [4.69, 9.17) is 11.6 Å². The molecule has 2 aromatic rings. The van der Waals surface area contributed by atoms with Gasteiger partial charge in [0.25, 0.3) is 0 Å². The molecule has 0 radical (unpaired) electrons. The van der Waals surface area contributed by atoms with Gasteiger partial charge < -0.3 is 0 Å². The van der Waals surface area contributed by atoms with Crippen molar-refractivity contribution in [1.82, 2.24) is 9.78 Å². The van der Waals surface area contributed by atoms with Crippen LogP contribution in [0.3, 0.4) is 0 Å². The number of ketones is 1. The molecule has 0 spiro atoms. The van der Waals surface area contributed by atoms with E-state index in [-0.39, 0.29) is 10.6 Å². The second-order valence-electron chi connectivity index (χ2n) is 4.06. The van der Waals surface area contributed by atoms with E-state index in [0.29, 0.717) is 12.1 Å². The van der Waals surface area contributed by atoms with E-state index >= 15 is 0 Å². The van der Waals surface area contributed by atoms with E-state index < -0.39 is 23.0 Å². The Balaban J connectivity index is 2.59. The highest BCUT2D eigenvalue weighted by Crippen LogP contribution is 2.25. The van der Waals surface area contributed by atoms with Crippen molar-refractivity contribution in [2.75, 3.05) is 0 Å². The minimum Gasteiger partial charge on any atom is -0.288 e. The molecular weight excluding hydrogens is 274 g/mol. The zero-order chi connectivity index (χ0) is 14.2. The van der Waals surface area contributed by atoms with E-state index in [1.165, 1.54) is 10.9 Å². The van der Waals surface area contributed by atoms with Gasteiger partial charge in [-0.3, -0.25) is 9.48 Å². The van der Waals surface area contributed by atoms with Crippen LogP contribution in [0.4, 0.5) is 8.78 Å². The molecule has 0 aliphatic heterocycles. The highest BCUT2D eigenvalue weighted by atomic mass is 35.5. The van der Waals surface area contributed by atoms with Crippen molar-refractivity contribution in [2.45, 2.75) is 13.3 Å². The maximum absolute atomic E-state index is 13.7. The lowest BCUT2D eigenvalue weighted by molar-refractivity contribution is 0.103. The number of hydrogen-bond acceptors (Lipinski definition) is 2. The number of rotatable bonds is 3. The van der Waals surface area contributed by atoms with E-state index in [2.05, 4.69) is 5.10 Å². The highest BCUT2D eigenvalue weighted by Gasteiger charge is 2.24. The fraction of sp³-hybridized carbons (Fsp3) is 0.231. The van der Waals surface area contributed by atoms with Crippen molar-refractivity contribution in [1.29, 1.82) is 0 Å². The first-order valence-corrected chi connectivity index (χ1v) is 6.04. The van der Waals surface area contributed by atoms with Crippen LogP contribution in [-0.4, -0.2) is 15.6 Å². The zero-order valence-corrected chi connectivity index (χ0v) is 11.1. The van der Waals surface area contributed by atoms with Crippen LogP contribution in [0.2, 0.25) is 5.02 Å². The van der Waals surface area contributed by atoms with Gasteiger partial charge in [-0.1, -0.05) is 18.5 Å². The van der Waals surface area contributed by atoms with E-state index in [0.717, 1.165) is 12.1 Å². The average molecular weight is 285 g/mol. The minimum absolute atomic E-state index is 0.116. The number of halogens is 3. The minimum atomic E-state index is -1.23. The van der Waals surface area contributed by atoms with Crippen molar-refractivity contribution in [3.63, 3.8) is 0 Å². The SMILES string of the molecule is CCc1nn(C)cc1C(=O)c1c(Cl)ccc(F)c1F. The summed E-state index contributed by atoms with van der Waals surface area (Å²) >= 11 is 5.79. The van der Waals surface area contributed by atoms with Crippen LogP contribution in [0.5, 0.6) is 0 Å². The Labute approximate surface area is 113 Å². The van der Waals surface area contributed by atoms with Crippen LogP contribution >= 0.6 is 11.6 Å². The number of aromatic nitrogens is 2. The molecule has 0 aliphatic carbocycles. The second kappa shape index (κ2) is 5.09. The van der Waals surface area contributed by atoms with Crippen LogP contribution in [-0.2, 0) is 13.5 Å². The Hall–Kier alpha value is -1.75. The van der Waals surface area contributed by atoms with Crippen molar-refractivity contribution >= 4 is 17.4 Å². The smallest absolute Gasteiger partial charge is 0.201 e. The van der Waals surface area contributed by atoms with Gasteiger partial charge in [-0.2, -0.15) is 5.10 Å². The lowest BCUT2D eigenvalue weighted by atomic mass is 10.0. The Morgan fingerprint density at radius 1 is 1.42 bits per heavy atom. The Morgan fingerprint density at radius 3 is 2.74 bits per heavy atom. The second-order valence-corrected chi connectivity index (χ2v) is 4.47. The molecule has 0 fully saturated rings. The van der Waals surface area contributed by atoms with E-state index in [1.807, 2.05) is 6.92 Å². The Morgan fingerprint density at radius 2 is 2.11 bits per heavy atom. The average Bonchev–Trinajstić information content (AvgIpc) is 2.75. The third-order valence-corrected chi connectivity index (χ3v) is 3.07. The van der Waals surface area contributed by atoms with Crippen LogP contribution in [0.15, 0.2) is 18.3 Å². The maximum Gasteiger partial charge on any atom is 0.201 e. The lowest BCUT2D eigenvalue weighted by Crippen LogP contribution is -2.08. The first kappa shape index (κ1) is 13.7.